The van der Waals surface area contributed by atoms with Gasteiger partial charge >= 0.3 is 0 Å². The first-order chi connectivity index (χ1) is 9.56. The van der Waals surface area contributed by atoms with Crippen LogP contribution in [0.25, 0.3) is 0 Å². The first-order valence-corrected chi connectivity index (χ1v) is 6.52. The molecule has 0 amide bonds. The molecule has 104 valence electrons. The van der Waals surface area contributed by atoms with E-state index in [-0.39, 0.29) is 17.0 Å². The molecule has 1 heterocycles. The maximum absolute atomic E-state index is 14.0. The number of aliphatic hydroxyl groups is 1. The third-order valence-corrected chi connectivity index (χ3v) is 3.66. The fourth-order valence-corrected chi connectivity index (χ4v) is 2.56. The van der Waals surface area contributed by atoms with Crippen molar-refractivity contribution in [1.82, 2.24) is 0 Å². The predicted molar refractivity (Wildman–Crippen MR) is 70.8 cm³/mol. The summed E-state index contributed by atoms with van der Waals surface area (Å²) in [6, 6.07) is 8.53. The second-order valence-corrected chi connectivity index (χ2v) is 5.09. The van der Waals surface area contributed by atoms with Crippen LogP contribution >= 0.6 is 11.6 Å². The molecule has 1 aliphatic rings. The van der Waals surface area contributed by atoms with Crippen molar-refractivity contribution in [3.05, 3.63) is 64.2 Å². The lowest BCUT2D eigenvalue weighted by atomic mass is 9.94. The summed E-state index contributed by atoms with van der Waals surface area (Å²) in [6.07, 6.45) is -1.41. The van der Waals surface area contributed by atoms with Gasteiger partial charge < -0.3 is 9.84 Å². The van der Waals surface area contributed by atoms with Gasteiger partial charge in [0, 0.05) is 17.5 Å². The highest BCUT2D eigenvalue weighted by Gasteiger charge is 2.30. The van der Waals surface area contributed by atoms with Crippen molar-refractivity contribution in [2.75, 3.05) is 0 Å². The number of ether oxygens (including phenoxy) is 1. The van der Waals surface area contributed by atoms with Gasteiger partial charge in [-0.2, -0.15) is 0 Å². The number of aliphatic hydroxyl groups excluding tert-OH is 1. The molecule has 0 spiro atoms. The molecule has 0 radical (unpaired) electrons. The molecule has 5 heteroatoms. The molecule has 2 nitrogen and oxygen atoms in total. The fourth-order valence-electron chi connectivity index (χ4n) is 2.38. The zero-order valence-corrected chi connectivity index (χ0v) is 11.1. The van der Waals surface area contributed by atoms with E-state index in [1.165, 1.54) is 24.3 Å². The monoisotopic (exact) mass is 296 g/mol. The van der Waals surface area contributed by atoms with Crippen molar-refractivity contribution in [2.45, 2.75) is 18.6 Å². The Hall–Kier alpha value is -1.65. The molecule has 2 aromatic rings. The van der Waals surface area contributed by atoms with Crippen LogP contribution in [0.3, 0.4) is 0 Å². The average molecular weight is 297 g/mol. The molecule has 2 aromatic carbocycles. The summed E-state index contributed by atoms with van der Waals surface area (Å²) in [4.78, 5) is 0. The number of benzene rings is 2. The Labute approximate surface area is 119 Å². The molecule has 2 unspecified atom stereocenters. The Morgan fingerprint density at radius 1 is 1.15 bits per heavy atom. The Morgan fingerprint density at radius 3 is 2.75 bits per heavy atom. The average Bonchev–Trinajstić information content (AvgIpc) is 2.42. The number of halogens is 3. The van der Waals surface area contributed by atoms with Gasteiger partial charge in [0.15, 0.2) is 0 Å². The third-order valence-electron chi connectivity index (χ3n) is 3.37. The van der Waals surface area contributed by atoms with Crippen molar-refractivity contribution in [1.29, 1.82) is 0 Å². The third kappa shape index (κ3) is 2.25. The van der Waals surface area contributed by atoms with Gasteiger partial charge in [0.2, 0.25) is 0 Å². The first kappa shape index (κ1) is 13.3. The number of rotatable bonds is 1. The molecule has 0 fully saturated rings. The zero-order valence-electron chi connectivity index (χ0n) is 10.3. The highest BCUT2D eigenvalue weighted by atomic mass is 35.5. The lowest BCUT2D eigenvalue weighted by Gasteiger charge is -2.30. The summed E-state index contributed by atoms with van der Waals surface area (Å²) < 4.78 is 32.8. The normalized spacial score (nSPS) is 21.2. The molecular weight excluding hydrogens is 286 g/mol. The van der Waals surface area contributed by atoms with Gasteiger partial charge in [0.1, 0.15) is 23.5 Å². The highest BCUT2D eigenvalue weighted by Crippen LogP contribution is 2.42. The van der Waals surface area contributed by atoms with E-state index in [4.69, 9.17) is 16.3 Å². The van der Waals surface area contributed by atoms with Gasteiger partial charge in [-0.1, -0.05) is 23.7 Å². The minimum absolute atomic E-state index is 0.00509. The smallest absolute Gasteiger partial charge is 0.148 e. The van der Waals surface area contributed by atoms with E-state index in [9.17, 15) is 13.9 Å². The second-order valence-electron chi connectivity index (χ2n) is 4.68. The SMILES string of the molecule is OC1CC(c2cccc(Cl)c2F)Oc2ccc(F)cc21. The van der Waals surface area contributed by atoms with E-state index in [1.54, 1.807) is 12.1 Å². The molecule has 0 bridgehead atoms. The summed E-state index contributed by atoms with van der Waals surface area (Å²) in [5.74, 6) is -0.648. The van der Waals surface area contributed by atoms with Crippen LogP contribution in [0.5, 0.6) is 5.75 Å². The fraction of sp³-hybridized carbons (Fsp3) is 0.200. The van der Waals surface area contributed by atoms with E-state index in [1.807, 2.05) is 0 Å². The topological polar surface area (TPSA) is 29.5 Å². The van der Waals surface area contributed by atoms with Gasteiger partial charge in [0.25, 0.3) is 0 Å². The van der Waals surface area contributed by atoms with Gasteiger partial charge in [-0.25, -0.2) is 8.78 Å². The van der Waals surface area contributed by atoms with Gasteiger partial charge in [-0.15, -0.1) is 0 Å². The largest absolute Gasteiger partial charge is 0.485 e. The van der Waals surface area contributed by atoms with Gasteiger partial charge in [-0.05, 0) is 24.3 Å². The van der Waals surface area contributed by atoms with Crippen LogP contribution in [0.4, 0.5) is 8.78 Å². The molecule has 2 atom stereocenters. The Balaban J connectivity index is 1.99. The highest BCUT2D eigenvalue weighted by molar-refractivity contribution is 6.30. The van der Waals surface area contributed by atoms with E-state index < -0.39 is 23.8 Å². The van der Waals surface area contributed by atoms with Crippen LogP contribution in [0.2, 0.25) is 5.02 Å². The van der Waals surface area contributed by atoms with Crippen LogP contribution in [0, 0.1) is 11.6 Å². The van der Waals surface area contributed by atoms with Crippen molar-refractivity contribution in [2.24, 2.45) is 0 Å². The first-order valence-electron chi connectivity index (χ1n) is 6.14. The molecule has 0 saturated carbocycles. The molecule has 3 rings (SSSR count). The lowest BCUT2D eigenvalue weighted by molar-refractivity contribution is 0.0636. The second kappa shape index (κ2) is 5.04. The number of hydrogen-bond acceptors (Lipinski definition) is 2. The van der Waals surface area contributed by atoms with Gasteiger partial charge in [0.05, 0.1) is 11.1 Å². The summed E-state index contributed by atoms with van der Waals surface area (Å²) in [6.45, 7) is 0. The molecule has 0 saturated heterocycles. The van der Waals surface area contributed by atoms with Crippen molar-refractivity contribution in [3.8, 4) is 5.75 Å². The van der Waals surface area contributed by atoms with E-state index in [2.05, 4.69) is 0 Å². The molecule has 0 aliphatic carbocycles. The standard InChI is InChI=1S/C15H11ClF2O2/c16-11-3-1-2-9(15(11)18)14-7-12(19)10-6-8(17)4-5-13(10)20-14/h1-6,12,14,19H,7H2. The van der Waals surface area contributed by atoms with E-state index in [0.717, 1.165) is 0 Å². The molecular formula is C15H11ClF2O2. The zero-order chi connectivity index (χ0) is 14.3. The summed E-state index contributed by atoms with van der Waals surface area (Å²) >= 11 is 5.75. The van der Waals surface area contributed by atoms with Crippen LogP contribution < -0.4 is 4.74 Å². The Kier molecular flexibility index (Phi) is 3.36. The summed E-state index contributed by atoms with van der Waals surface area (Å²) in [7, 11) is 0. The van der Waals surface area contributed by atoms with Crippen LogP contribution in [-0.2, 0) is 0 Å². The predicted octanol–water partition coefficient (Wildman–Crippen LogP) is 4.18. The van der Waals surface area contributed by atoms with Crippen molar-refractivity contribution in [3.63, 3.8) is 0 Å². The van der Waals surface area contributed by atoms with Crippen molar-refractivity contribution < 1.29 is 18.6 Å². The van der Waals surface area contributed by atoms with E-state index in [0.29, 0.717) is 11.3 Å². The lowest BCUT2D eigenvalue weighted by Crippen LogP contribution is -2.20. The molecule has 0 aromatic heterocycles. The number of hydrogen-bond donors (Lipinski definition) is 1. The summed E-state index contributed by atoms with van der Waals surface area (Å²) in [5, 5.41) is 10.1. The van der Waals surface area contributed by atoms with E-state index >= 15 is 0 Å². The van der Waals surface area contributed by atoms with Crippen LogP contribution in [0.1, 0.15) is 29.8 Å². The number of fused-ring (bicyclic) bond motifs is 1. The maximum Gasteiger partial charge on any atom is 0.148 e. The quantitative estimate of drug-likeness (QED) is 0.855. The Bertz CT molecular complexity index is 660. The minimum atomic E-state index is -0.905. The minimum Gasteiger partial charge on any atom is -0.485 e. The molecule has 1 aliphatic heterocycles. The van der Waals surface area contributed by atoms with Gasteiger partial charge in [-0.3, -0.25) is 0 Å². The maximum atomic E-state index is 14.0. The Morgan fingerprint density at radius 2 is 1.95 bits per heavy atom. The van der Waals surface area contributed by atoms with Crippen LogP contribution in [0.15, 0.2) is 36.4 Å². The summed E-state index contributed by atoms with van der Waals surface area (Å²) in [5.41, 5.74) is 0.662. The molecule has 1 N–H and O–H groups in total. The molecule has 20 heavy (non-hydrogen) atoms. The van der Waals surface area contributed by atoms with Crippen LogP contribution in [-0.4, -0.2) is 5.11 Å². The van der Waals surface area contributed by atoms with Crippen molar-refractivity contribution >= 4 is 11.6 Å².